The van der Waals surface area contributed by atoms with E-state index < -0.39 is 29.2 Å². The van der Waals surface area contributed by atoms with Gasteiger partial charge in [-0.25, -0.2) is 13.8 Å². The van der Waals surface area contributed by atoms with Gasteiger partial charge in [-0.2, -0.15) is 0 Å². The zero-order valence-electron chi connectivity index (χ0n) is 11.6. The molecule has 2 aliphatic heterocycles. The van der Waals surface area contributed by atoms with Gasteiger partial charge in [-0.1, -0.05) is 17.8 Å². The third-order valence-corrected chi connectivity index (χ3v) is 5.09. The number of ether oxygens (including phenoxy) is 1. The van der Waals surface area contributed by atoms with Gasteiger partial charge >= 0.3 is 0 Å². The standard InChI is InChI=1S/C14H15F2N3O2S/c15-8-1-2-9(10(16)4-8)14-6-21-11(12(17)20)3-7(14)5-22-13(18)19-14/h1-2,4,7,11H,3,5-6H2,(H2,17,20)(H2,18,19)/t7-,11+,14-/m0/s1. The third-order valence-electron chi connectivity index (χ3n) is 4.14. The molecule has 1 saturated heterocycles. The van der Waals surface area contributed by atoms with E-state index in [0.29, 0.717) is 17.3 Å². The lowest BCUT2D eigenvalue weighted by atomic mass is 9.75. The van der Waals surface area contributed by atoms with Crippen molar-refractivity contribution in [2.75, 3.05) is 12.4 Å². The fraction of sp³-hybridized carbons (Fsp3) is 0.429. The highest BCUT2D eigenvalue weighted by molar-refractivity contribution is 8.13. The topological polar surface area (TPSA) is 90.7 Å². The molecule has 8 heteroatoms. The van der Waals surface area contributed by atoms with E-state index in [1.54, 1.807) is 0 Å². The number of primary amides is 1. The lowest BCUT2D eigenvalue weighted by Crippen LogP contribution is -2.53. The fourth-order valence-corrected chi connectivity index (χ4v) is 4.02. The zero-order valence-corrected chi connectivity index (χ0v) is 12.4. The number of aliphatic imine (C=N–C) groups is 1. The van der Waals surface area contributed by atoms with Crippen LogP contribution in [0.4, 0.5) is 8.78 Å². The Morgan fingerprint density at radius 1 is 1.45 bits per heavy atom. The van der Waals surface area contributed by atoms with Gasteiger partial charge in [0, 0.05) is 23.3 Å². The summed E-state index contributed by atoms with van der Waals surface area (Å²) in [7, 11) is 0. The smallest absolute Gasteiger partial charge is 0.246 e. The number of amides is 1. The van der Waals surface area contributed by atoms with E-state index in [9.17, 15) is 13.6 Å². The monoisotopic (exact) mass is 327 g/mol. The van der Waals surface area contributed by atoms with Crippen LogP contribution in [-0.4, -0.2) is 29.5 Å². The molecule has 0 aromatic heterocycles. The van der Waals surface area contributed by atoms with Crippen LogP contribution in [0.1, 0.15) is 12.0 Å². The molecule has 0 saturated carbocycles. The molecule has 2 heterocycles. The van der Waals surface area contributed by atoms with Gasteiger partial charge in [-0.3, -0.25) is 4.79 Å². The number of rotatable bonds is 2. The number of carbonyl (C=O) groups excluding carboxylic acids is 1. The normalized spacial score (nSPS) is 31.3. The van der Waals surface area contributed by atoms with Crippen LogP contribution in [0.3, 0.4) is 0 Å². The lowest BCUT2D eigenvalue weighted by Gasteiger charge is -2.45. The Morgan fingerprint density at radius 3 is 2.91 bits per heavy atom. The Hall–Kier alpha value is -1.67. The van der Waals surface area contributed by atoms with Crippen molar-refractivity contribution in [1.29, 1.82) is 0 Å². The SMILES string of the molecule is NC(=O)[C@H]1C[C@H]2CSC(N)=N[C@@]2(c2ccc(F)cc2F)CO1. The number of hydrogen-bond donors (Lipinski definition) is 2. The molecule has 0 aliphatic carbocycles. The van der Waals surface area contributed by atoms with E-state index in [1.165, 1.54) is 23.9 Å². The van der Waals surface area contributed by atoms with Crippen LogP contribution in [-0.2, 0) is 15.1 Å². The first-order chi connectivity index (χ1) is 10.4. The minimum atomic E-state index is -1.04. The van der Waals surface area contributed by atoms with E-state index in [-0.39, 0.29) is 18.1 Å². The summed E-state index contributed by atoms with van der Waals surface area (Å²) >= 11 is 1.34. The molecule has 3 atom stereocenters. The van der Waals surface area contributed by atoms with Crippen molar-refractivity contribution in [2.24, 2.45) is 22.4 Å². The fourth-order valence-electron chi connectivity index (χ4n) is 3.01. The van der Waals surface area contributed by atoms with Crippen molar-refractivity contribution in [1.82, 2.24) is 0 Å². The second-order valence-corrected chi connectivity index (χ2v) is 6.48. The van der Waals surface area contributed by atoms with Crippen LogP contribution >= 0.6 is 11.8 Å². The Labute approximate surface area is 130 Å². The largest absolute Gasteiger partial charge is 0.379 e. The molecule has 118 valence electrons. The maximum Gasteiger partial charge on any atom is 0.246 e. The maximum absolute atomic E-state index is 14.3. The summed E-state index contributed by atoms with van der Waals surface area (Å²) in [6.45, 7) is -0.0188. The average Bonchev–Trinajstić information content (AvgIpc) is 2.46. The molecular formula is C14H15F2N3O2S. The number of amidine groups is 1. The predicted octanol–water partition coefficient (Wildman–Crippen LogP) is 1.11. The van der Waals surface area contributed by atoms with Crippen molar-refractivity contribution in [3.05, 3.63) is 35.4 Å². The van der Waals surface area contributed by atoms with Gasteiger partial charge in [-0.15, -0.1) is 0 Å². The summed E-state index contributed by atoms with van der Waals surface area (Å²) in [4.78, 5) is 15.8. The quantitative estimate of drug-likeness (QED) is 0.851. The molecule has 2 aliphatic rings. The summed E-state index contributed by atoms with van der Waals surface area (Å²) < 4.78 is 33.0. The van der Waals surface area contributed by atoms with Crippen LogP contribution in [0.5, 0.6) is 0 Å². The van der Waals surface area contributed by atoms with E-state index >= 15 is 0 Å². The first kappa shape index (κ1) is 15.2. The number of halogens is 2. The van der Waals surface area contributed by atoms with Crippen LogP contribution in [0.25, 0.3) is 0 Å². The van der Waals surface area contributed by atoms with E-state index in [0.717, 1.165) is 6.07 Å². The molecule has 1 fully saturated rings. The van der Waals surface area contributed by atoms with E-state index in [4.69, 9.17) is 16.2 Å². The van der Waals surface area contributed by atoms with Crippen LogP contribution < -0.4 is 11.5 Å². The van der Waals surface area contributed by atoms with Gasteiger partial charge in [-0.05, 0) is 12.5 Å². The van der Waals surface area contributed by atoms with Crippen molar-refractivity contribution in [2.45, 2.75) is 18.1 Å². The Bertz CT molecular complexity index is 655. The first-order valence-corrected chi connectivity index (χ1v) is 7.75. The highest BCUT2D eigenvalue weighted by Crippen LogP contribution is 2.46. The third kappa shape index (κ3) is 2.46. The summed E-state index contributed by atoms with van der Waals surface area (Å²) in [6.07, 6.45) is -0.396. The first-order valence-electron chi connectivity index (χ1n) is 6.77. The number of nitrogens with zero attached hydrogens (tertiary/aromatic N) is 1. The van der Waals surface area contributed by atoms with Gasteiger partial charge < -0.3 is 16.2 Å². The summed E-state index contributed by atoms with van der Waals surface area (Å²) in [5.41, 5.74) is 10.3. The molecule has 1 aromatic carbocycles. The lowest BCUT2D eigenvalue weighted by molar-refractivity contribution is -0.138. The number of thioether (sulfide) groups is 1. The van der Waals surface area contributed by atoms with Crippen molar-refractivity contribution in [3.63, 3.8) is 0 Å². The highest BCUT2D eigenvalue weighted by Gasteiger charge is 2.50. The van der Waals surface area contributed by atoms with Crippen molar-refractivity contribution < 1.29 is 18.3 Å². The van der Waals surface area contributed by atoms with Crippen molar-refractivity contribution >= 4 is 22.8 Å². The molecule has 1 aromatic rings. The maximum atomic E-state index is 14.3. The number of benzene rings is 1. The zero-order chi connectivity index (χ0) is 15.9. The molecule has 0 bridgehead atoms. The van der Waals surface area contributed by atoms with Gasteiger partial charge in [0.25, 0.3) is 0 Å². The van der Waals surface area contributed by atoms with E-state index in [2.05, 4.69) is 4.99 Å². The van der Waals surface area contributed by atoms with Gasteiger partial charge in [0.15, 0.2) is 5.17 Å². The Morgan fingerprint density at radius 2 is 2.23 bits per heavy atom. The summed E-state index contributed by atoms with van der Waals surface area (Å²) in [5.74, 6) is -1.52. The molecule has 0 unspecified atom stereocenters. The minimum absolute atomic E-state index is 0.0188. The molecule has 22 heavy (non-hydrogen) atoms. The summed E-state index contributed by atoms with van der Waals surface area (Å²) in [5, 5.41) is 0.320. The molecule has 5 nitrogen and oxygen atoms in total. The number of carbonyl (C=O) groups is 1. The molecular weight excluding hydrogens is 312 g/mol. The second-order valence-electron chi connectivity index (χ2n) is 5.44. The average molecular weight is 327 g/mol. The van der Waals surface area contributed by atoms with Gasteiger partial charge in [0.2, 0.25) is 5.91 Å². The van der Waals surface area contributed by atoms with Crippen LogP contribution in [0.15, 0.2) is 23.2 Å². The van der Waals surface area contributed by atoms with Gasteiger partial charge in [0.1, 0.15) is 23.3 Å². The van der Waals surface area contributed by atoms with Crippen LogP contribution in [0, 0.1) is 17.6 Å². The molecule has 0 spiro atoms. The molecule has 1 amide bonds. The minimum Gasteiger partial charge on any atom is -0.379 e. The van der Waals surface area contributed by atoms with Crippen LogP contribution in [0.2, 0.25) is 0 Å². The number of nitrogens with two attached hydrogens (primary N) is 2. The summed E-state index contributed by atoms with van der Waals surface area (Å²) in [6, 6.07) is 3.35. The molecule has 4 N–H and O–H groups in total. The van der Waals surface area contributed by atoms with E-state index in [1.807, 2.05) is 0 Å². The molecule has 0 radical (unpaired) electrons. The molecule has 3 rings (SSSR count). The Balaban J connectivity index is 2.06. The number of fused-ring (bicyclic) bond motifs is 1. The highest BCUT2D eigenvalue weighted by atomic mass is 32.2. The Kier molecular flexibility index (Phi) is 3.82. The van der Waals surface area contributed by atoms with Crippen molar-refractivity contribution in [3.8, 4) is 0 Å². The number of hydrogen-bond acceptors (Lipinski definition) is 5. The predicted molar refractivity (Wildman–Crippen MR) is 79.2 cm³/mol. The van der Waals surface area contributed by atoms with Gasteiger partial charge in [0.05, 0.1) is 6.61 Å². The second kappa shape index (κ2) is 5.51.